The third kappa shape index (κ3) is 2.33. The SMILES string of the molecule is CC1C2CNCC2CN1C(c1ccccc1)C(F)(F)F. The van der Waals surface area contributed by atoms with Crippen molar-refractivity contribution in [2.45, 2.75) is 25.2 Å². The van der Waals surface area contributed by atoms with Gasteiger partial charge in [0.1, 0.15) is 6.04 Å². The van der Waals surface area contributed by atoms with E-state index in [1.807, 2.05) is 6.92 Å². The van der Waals surface area contributed by atoms with Crippen molar-refractivity contribution in [1.29, 1.82) is 0 Å². The minimum absolute atomic E-state index is 0.0400. The summed E-state index contributed by atoms with van der Waals surface area (Å²) in [5.41, 5.74) is 0.347. The molecule has 0 radical (unpaired) electrons. The molecule has 110 valence electrons. The molecule has 3 rings (SSSR count). The molecule has 4 unspecified atom stereocenters. The maximum atomic E-state index is 13.5. The Morgan fingerprint density at radius 2 is 1.90 bits per heavy atom. The third-order valence-electron chi connectivity index (χ3n) is 4.74. The molecule has 0 bridgehead atoms. The largest absolute Gasteiger partial charge is 0.408 e. The molecule has 4 atom stereocenters. The van der Waals surface area contributed by atoms with Crippen LogP contribution < -0.4 is 5.32 Å². The Labute approximate surface area is 117 Å². The summed E-state index contributed by atoms with van der Waals surface area (Å²) in [5.74, 6) is 0.683. The lowest BCUT2D eigenvalue weighted by molar-refractivity contribution is -0.189. The lowest BCUT2D eigenvalue weighted by atomic mass is 9.95. The first-order chi connectivity index (χ1) is 9.48. The Bertz CT molecular complexity index is 460. The molecule has 2 aliphatic heterocycles. The van der Waals surface area contributed by atoms with Gasteiger partial charge in [0.25, 0.3) is 0 Å². The van der Waals surface area contributed by atoms with Crippen molar-refractivity contribution in [1.82, 2.24) is 10.2 Å². The van der Waals surface area contributed by atoms with Gasteiger partial charge in [-0.15, -0.1) is 0 Å². The van der Waals surface area contributed by atoms with Gasteiger partial charge in [0.05, 0.1) is 0 Å². The monoisotopic (exact) mass is 284 g/mol. The second-order valence-corrected chi connectivity index (χ2v) is 5.87. The van der Waals surface area contributed by atoms with Crippen LogP contribution in [0.25, 0.3) is 0 Å². The van der Waals surface area contributed by atoms with Gasteiger partial charge in [0, 0.05) is 12.6 Å². The number of fused-ring (bicyclic) bond motifs is 1. The number of alkyl halides is 3. The third-order valence-corrected chi connectivity index (χ3v) is 4.74. The standard InChI is InChI=1S/C15H19F3N2/c1-10-13-8-19-7-12(13)9-20(10)14(15(16,17)18)11-5-3-2-4-6-11/h2-6,10,12-14,19H,7-9H2,1H3. The van der Waals surface area contributed by atoms with E-state index in [0.29, 0.717) is 23.9 Å². The van der Waals surface area contributed by atoms with Crippen LogP contribution in [0.3, 0.4) is 0 Å². The van der Waals surface area contributed by atoms with Gasteiger partial charge in [-0.25, -0.2) is 0 Å². The average molecular weight is 284 g/mol. The zero-order valence-electron chi connectivity index (χ0n) is 11.4. The van der Waals surface area contributed by atoms with Gasteiger partial charge >= 0.3 is 6.18 Å². The zero-order chi connectivity index (χ0) is 14.3. The van der Waals surface area contributed by atoms with Gasteiger partial charge in [0.15, 0.2) is 0 Å². The number of hydrogen-bond acceptors (Lipinski definition) is 2. The highest BCUT2D eigenvalue weighted by Crippen LogP contribution is 2.44. The van der Waals surface area contributed by atoms with Crippen molar-refractivity contribution < 1.29 is 13.2 Å². The number of rotatable bonds is 2. The van der Waals surface area contributed by atoms with Crippen molar-refractivity contribution in [2.24, 2.45) is 11.8 Å². The summed E-state index contributed by atoms with van der Waals surface area (Å²) in [6.07, 6.45) is -4.23. The predicted octanol–water partition coefficient (Wildman–Crippen LogP) is 2.83. The van der Waals surface area contributed by atoms with Gasteiger partial charge in [-0.05, 0) is 37.4 Å². The maximum Gasteiger partial charge on any atom is 0.408 e. The molecule has 2 saturated heterocycles. The second kappa shape index (κ2) is 5.04. The number of nitrogens with one attached hydrogen (secondary N) is 1. The summed E-state index contributed by atoms with van der Waals surface area (Å²) in [7, 11) is 0. The van der Waals surface area contributed by atoms with Crippen LogP contribution >= 0.6 is 0 Å². The molecule has 2 fully saturated rings. The molecule has 1 N–H and O–H groups in total. The van der Waals surface area contributed by atoms with Crippen LogP contribution in [0.1, 0.15) is 18.5 Å². The van der Waals surface area contributed by atoms with Crippen molar-refractivity contribution in [2.75, 3.05) is 19.6 Å². The van der Waals surface area contributed by atoms with Gasteiger partial charge in [0.2, 0.25) is 0 Å². The molecular weight excluding hydrogens is 265 g/mol. The topological polar surface area (TPSA) is 15.3 Å². The molecular formula is C15H19F3N2. The highest BCUT2D eigenvalue weighted by atomic mass is 19.4. The summed E-state index contributed by atoms with van der Waals surface area (Å²) >= 11 is 0. The van der Waals surface area contributed by atoms with Crippen LogP contribution in [0.4, 0.5) is 13.2 Å². The normalized spacial score (nSPS) is 32.3. The first kappa shape index (κ1) is 13.9. The molecule has 2 nitrogen and oxygen atoms in total. The van der Waals surface area contributed by atoms with Crippen LogP contribution in [-0.4, -0.2) is 36.8 Å². The van der Waals surface area contributed by atoms with Gasteiger partial charge in [-0.2, -0.15) is 13.2 Å². The van der Waals surface area contributed by atoms with Crippen molar-refractivity contribution >= 4 is 0 Å². The summed E-state index contributed by atoms with van der Waals surface area (Å²) < 4.78 is 40.6. The Morgan fingerprint density at radius 1 is 1.20 bits per heavy atom. The van der Waals surface area contributed by atoms with Crippen LogP contribution in [-0.2, 0) is 0 Å². The Morgan fingerprint density at radius 3 is 2.50 bits per heavy atom. The number of hydrogen-bond donors (Lipinski definition) is 1. The van der Waals surface area contributed by atoms with Crippen LogP contribution in [0.15, 0.2) is 30.3 Å². The minimum atomic E-state index is -4.23. The molecule has 0 saturated carbocycles. The van der Waals surface area contributed by atoms with E-state index >= 15 is 0 Å². The molecule has 0 spiro atoms. The molecule has 1 aromatic carbocycles. The maximum absolute atomic E-state index is 13.5. The van der Waals surface area contributed by atoms with Gasteiger partial charge < -0.3 is 5.32 Å². The predicted molar refractivity (Wildman–Crippen MR) is 71.3 cm³/mol. The molecule has 1 aromatic rings. The Balaban J connectivity index is 1.91. The number of nitrogens with zero attached hydrogens (tertiary/aromatic N) is 1. The number of likely N-dealkylation sites (tertiary alicyclic amines) is 1. The van der Waals surface area contributed by atoms with E-state index in [1.54, 1.807) is 35.2 Å². The van der Waals surface area contributed by atoms with Gasteiger partial charge in [-0.1, -0.05) is 30.3 Å². The van der Waals surface area contributed by atoms with E-state index in [9.17, 15) is 13.2 Å². The van der Waals surface area contributed by atoms with E-state index in [-0.39, 0.29) is 6.04 Å². The van der Waals surface area contributed by atoms with Gasteiger partial charge in [-0.3, -0.25) is 4.90 Å². The fourth-order valence-electron chi connectivity index (χ4n) is 3.75. The molecule has 0 amide bonds. The second-order valence-electron chi connectivity index (χ2n) is 5.87. The van der Waals surface area contributed by atoms with Crippen molar-refractivity contribution in [3.8, 4) is 0 Å². The smallest absolute Gasteiger partial charge is 0.316 e. The highest BCUT2D eigenvalue weighted by Gasteiger charge is 2.52. The molecule has 20 heavy (non-hydrogen) atoms. The molecule has 2 heterocycles. The number of halogens is 3. The summed E-state index contributed by atoms with van der Waals surface area (Å²) in [6.45, 7) is 4.13. The van der Waals surface area contributed by atoms with E-state index in [2.05, 4.69) is 5.32 Å². The fourth-order valence-corrected chi connectivity index (χ4v) is 3.75. The lowest BCUT2D eigenvalue weighted by Crippen LogP contribution is -2.42. The lowest BCUT2D eigenvalue weighted by Gasteiger charge is -2.34. The minimum Gasteiger partial charge on any atom is -0.316 e. The van der Waals surface area contributed by atoms with Crippen molar-refractivity contribution in [3.63, 3.8) is 0 Å². The van der Waals surface area contributed by atoms with Crippen LogP contribution in [0, 0.1) is 11.8 Å². The quantitative estimate of drug-likeness (QED) is 0.898. The molecule has 0 aromatic heterocycles. The first-order valence-corrected chi connectivity index (χ1v) is 7.06. The number of benzene rings is 1. The van der Waals surface area contributed by atoms with E-state index in [1.165, 1.54) is 0 Å². The summed E-state index contributed by atoms with van der Waals surface area (Å²) in [6, 6.07) is 6.75. The van der Waals surface area contributed by atoms with E-state index < -0.39 is 12.2 Å². The van der Waals surface area contributed by atoms with E-state index in [4.69, 9.17) is 0 Å². The molecule has 0 aliphatic carbocycles. The van der Waals surface area contributed by atoms with Crippen molar-refractivity contribution in [3.05, 3.63) is 35.9 Å². The van der Waals surface area contributed by atoms with E-state index in [0.717, 1.165) is 13.1 Å². The fraction of sp³-hybridized carbons (Fsp3) is 0.600. The molecule has 2 aliphatic rings. The average Bonchev–Trinajstić information content (AvgIpc) is 2.94. The Kier molecular flexibility index (Phi) is 3.50. The zero-order valence-corrected chi connectivity index (χ0v) is 11.4. The summed E-state index contributed by atoms with van der Waals surface area (Å²) in [5, 5.41) is 3.28. The van der Waals surface area contributed by atoms with Crippen LogP contribution in [0.2, 0.25) is 0 Å². The Hall–Kier alpha value is -1.07. The highest BCUT2D eigenvalue weighted by molar-refractivity contribution is 5.22. The molecule has 5 heteroatoms. The first-order valence-electron chi connectivity index (χ1n) is 7.06. The summed E-state index contributed by atoms with van der Waals surface area (Å²) in [4.78, 5) is 1.64. The van der Waals surface area contributed by atoms with Crippen LogP contribution in [0.5, 0.6) is 0 Å².